The summed E-state index contributed by atoms with van der Waals surface area (Å²) in [5.74, 6) is 1.63. The van der Waals surface area contributed by atoms with Crippen LogP contribution in [0, 0.1) is 0 Å². The van der Waals surface area contributed by atoms with Gasteiger partial charge in [0.05, 0.1) is 12.4 Å². The molecule has 1 unspecified atom stereocenters. The molecule has 3 aromatic rings. The lowest BCUT2D eigenvalue weighted by molar-refractivity contribution is -0.704. The summed E-state index contributed by atoms with van der Waals surface area (Å²) in [5.41, 5.74) is 0.687. The fourth-order valence-corrected chi connectivity index (χ4v) is 3.59. The molecule has 0 radical (unpaired) electrons. The van der Waals surface area contributed by atoms with E-state index >= 15 is 0 Å². The van der Waals surface area contributed by atoms with E-state index in [4.69, 9.17) is 18.7 Å². The topological polar surface area (TPSA) is 107 Å². The van der Waals surface area contributed by atoms with Crippen LogP contribution in [-0.2, 0) is 4.79 Å². The molecule has 1 aromatic heterocycles. The fraction of sp³-hybridized carbons (Fsp3) is 0.211. The van der Waals surface area contributed by atoms with Crippen LogP contribution in [0.5, 0.6) is 17.2 Å². The number of fused-ring (bicyclic) bond motifs is 1. The highest BCUT2D eigenvalue weighted by atomic mass is 32.2. The van der Waals surface area contributed by atoms with Gasteiger partial charge >= 0.3 is 10.7 Å². The molecule has 4 rings (SSSR count). The maximum absolute atomic E-state index is 12.6. The number of H-pyrrole nitrogens is 1. The number of benzene rings is 2. The normalized spacial score (nSPS) is 13.2. The molecule has 1 aliphatic heterocycles. The van der Waals surface area contributed by atoms with Crippen LogP contribution in [0.3, 0.4) is 0 Å². The van der Waals surface area contributed by atoms with Gasteiger partial charge in [0.25, 0.3) is 0 Å². The Morgan fingerprint density at radius 3 is 2.72 bits per heavy atom. The molecule has 2 N–H and O–H groups in total. The summed E-state index contributed by atoms with van der Waals surface area (Å²) >= 11 is 1.09. The molecule has 2 heterocycles. The third-order valence-corrected chi connectivity index (χ3v) is 5.38. The summed E-state index contributed by atoms with van der Waals surface area (Å²) in [6, 6.07) is 12.2. The fourth-order valence-electron chi connectivity index (χ4n) is 2.70. The highest BCUT2D eigenvalue weighted by Crippen LogP contribution is 2.34. The number of nitrogens with one attached hydrogen (secondary N) is 2. The van der Waals surface area contributed by atoms with Gasteiger partial charge in [0.15, 0.2) is 11.5 Å². The molecule has 0 spiro atoms. The molecule has 1 atom stereocenters. The average Bonchev–Trinajstić information content (AvgIpc) is 3.34. The van der Waals surface area contributed by atoms with Crippen molar-refractivity contribution in [2.24, 2.45) is 0 Å². The number of carbonyl (C=O) groups excluding carboxylic acids is 1. The Labute approximate surface area is 169 Å². The monoisotopic (exact) mass is 416 g/mol. The third-order valence-electron chi connectivity index (χ3n) is 4.24. The van der Waals surface area contributed by atoms with Gasteiger partial charge in [0.1, 0.15) is 5.75 Å². The van der Waals surface area contributed by atoms with Gasteiger partial charge in [0, 0.05) is 23.9 Å². The molecule has 1 amide bonds. The SMILES string of the molecule is COc1ccc(-[n+]2[nH]oc(=O)c2SC(C)C(=O)Nc2ccc3c(c2)OCO3)cc1. The van der Waals surface area contributed by atoms with Gasteiger partial charge in [-0.1, -0.05) is 0 Å². The Hall–Kier alpha value is -3.40. The Kier molecular flexibility index (Phi) is 5.17. The summed E-state index contributed by atoms with van der Waals surface area (Å²) in [5, 5.41) is 5.06. The number of aromatic nitrogens is 2. The quantitative estimate of drug-likeness (QED) is 0.468. The van der Waals surface area contributed by atoms with Crippen molar-refractivity contribution in [1.29, 1.82) is 0 Å². The zero-order valence-corrected chi connectivity index (χ0v) is 16.4. The molecule has 0 bridgehead atoms. The first-order chi connectivity index (χ1) is 14.0. The number of anilines is 1. The molecule has 0 aliphatic carbocycles. The zero-order valence-electron chi connectivity index (χ0n) is 15.6. The van der Waals surface area contributed by atoms with Crippen LogP contribution in [0.1, 0.15) is 6.92 Å². The van der Waals surface area contributed by atoms with Crippen molar-refractivity contribution in [1.82, 2.24) is 5.27 Å². The first-order valence-corrected chi connectivity index (χ1v) is 9.58. The Balaban J connectivity index is 1.49. The molecule has 2 aromatic carbocycles. The van der Waals surface area contributed by atoms with Gasteiger partial charge in [-0.2, -0.15) is 0 Å². The molecular formula is C19H18N3O6S+. The van der Waals surface area contributed by atoms with Crippen LogP contribution in [0.25, 0.3) is 5.69 Å². The van der Waals surface area contributed by atoms with Crippen molar-refractivity contribution >= 4 is 23.4 Å². The molecule has 0 fully saturated rings. The number of hydrogen-bond donors (Lipinski definition) is 2. The first-order valence-electron chi connectivity index (χ1n) is 8.70. The summed E-state index contributed by atoms with van der Waals surface area (Å²) < 4.78 is 22.1. The molecule has 10 heteroatoms. The van der Waals surface area contributed by atoms with Crippen LogP contribution < -0.4 is 29.8 Å². The van der Waals surface area contributed by atoms with E-state index in [1.807, 2.05) is 0 Å². The second-order valence-electron chi connectivity index (χ2n) is 6.14. The standard InChI is InChI=1S/C19H17N3O6S/c1-11(17(23)20-12-3-8-15-16(9-12)27-10-26-15)29-18-19(24)28-21-22(18)13-4-6-14(25-2)7-5-13/h3-9,11H,10H2,1-2H3,(H-,20,21,23,24)/p+1. The number of aromatic amines is 1. The second kappa shape index (κ2) is 7.92. The van der Waals surface area contributed by atoms with E-state index < -0.39 is 10.9 Å². The van der Waals surface area contributed by atoms with Gasteiger partial charge in [-0.3, -0.25) is 9.32 Å². The average molecular weight is 416 g/mol. The largest absolute Gasteiger partial charge is 0.497 e. The van der Waals surface area contributed by atoms with Crippen LogP contribution in [0.4, 0.5) is 5.69 Å². The minimum absolute atomic E-state index is 0.160. The second-order valence-corrected chi connectivity index (χ2v) is 7.47. The molecule has 1 aliphatic rings. The predicted molar refractivity (Wildman–Crippen MR) is 104 cm³/mol. The van der Waals surface area contributed by atoms with Crippen LogP contribution in [0.15, 0.2) is 56.8 Å². The van der Waals surface area contributed by atoms with Gasteiger partial charge in [-0.15, -0.1) is 0 Å². The van der Waals surface area contributed by atoms with Gasteiger partial charge in [0.2, 0.25) is 18.4 Å². The number of hydrogen-bond acceptors (Lipinski definition) is 7. The Morgan fingerprint density at radius 2 is 1.97 bits per heavy atom. The van der Waals surface area contributed by atoms with Crippen molar-refractivity contribution < 1.29 is 28.2 Å². The lowest BCUT2D eigenvalue weighted by Gasteiger charge is -2.10. The van der Waals surface area contributed by atoms with Crippen LogP contribution in [-0.4, -0.2) is 30.3 Å². The predicted octanol–water partition coefficient (Wildman–Crippen LogP) is 2.10. The minimum atomic E-state index is -0.566. The maximum atomic E-state index is 12.6. The van der Waals surface area contributed by atoms with Crippen molar-refractivity contribution in [3.8, 4) is 22.9 Å². The van der Waals surface area contributed by atoms with Gasteiger partial charge in [-0.25, -0.2) is 4.79 Å². The number of ether oxygens (including phenoxy) is 3. The molecule has 0 saturated heterocycles. The zero-order chi connectivity index (χ0) is 20.4. The number of thioether (sulfide) groups is 1. The lowest BCUT2D eigenvalue weighted by Crippen LogP contribution is -2.37. The van der Waals surface area contributed by atoms with E-state index in [0.717, 1.165) is 11.8 Å². The maximum Gasteiger partial charge on any atom is 0.442 e. The van der Waals surface area contributed by atoms with E-state index in [9.17, 15) is 9.59 Å². The molecular weight excluding hydrogens is 398 g/mol. The van der Waals surface area contributed by atoms with E-state index in [0.29, 0.717) is 28.6 Å². The molecule has 150 valence electrons. The van der Waals surface area contributed by atoms with Crippen LogP contribution >= 0.6 is 11.8 Å². The molecule has 0 saturated carbocycles. The highest BCUT2D eigenvalue weighted by Gasteiger charge is 2.29. The van der Waals surface area contributed by atoms with Gasteiger partial charge in [-0.05, 0) is 52.9 Å². The molecule has 29 heavy (non-hydrogen) atoms. The highest BCUT2D eigenvalue weighted by molar-refractivity contribution is 8.00. The Morgan fingerprint density at radius 1 is 1.21 bits per heavy atom. The van der Waals surface area contributed by atoms with E-state index in [2.05, 4.69) is 10.6 Å². The van der Waals surface area contributed by atoms with Crippen molar-refractivity contribution in [2.45, 2.75) is 17.2 Å². The Bertz CT molecular complexity index is 1090. The number of nitrogens with zero attached hydrogens (tertiary/aromatic N) is 1. The lowest BCUT2D eigenvalue weighted by atomic mass is 10.2. The summed E-state index contributed by atoms with van der Waals surface area (Å²) in [6.45, 7) is 1.87. The van der Waals surface area contributed by atoms with Crippen molar-refractivity contribution in [3.63, 3.8) is 0 Å². The first kappa shape index (κ1) is 18.9. The van der Waals surface area contributed by atoms with Crippen LogP contribution in [0.2, 0.25) is 0 Å². The van der Waals surface area contributed by atoms with Crippen molar-refractivity contribution in [3.05, 3.63) is 52.9 Å². The third kappa shape index (κ3) is 3.92. The molecule has 9 nitrogen and oxygen atoms in total. The van der Waals surface area contributed by atoms with E-state index in [-0.39, 0.29) is 17.7 Å². The smallest absolute Gasteiger partial charge is 0.442 e. The minimum Gasteiger partial charge on any atom is -0.497 e. The van der Waals surface area contributed by atoms with E-state index in [1.165, 1.54) is 4.68 Å². The summed E-state index contributed by atoms with van der Waals surface area (Å²) in [7, 11) is 1.57. The number of rotatable bonds is 6. The van der Waals surface area contributed by atoms with E-state index in [1.54, 1.807) is 56.5 Å². The number of carbonyl (C=O) groups is 1. The number of methoxy groups -OCH3 is 1. The van der Waals surface area contributed by atoms with Crippen molar-refractivity contribution in [2.75, 3.05) is 19.2 Å². The van der Waals surface area contributed by atoms with Gasteiger partial charge < -0.3 is 19.5 Å². The number of amides is 1. The summed E-state index contributed by atoms with van der Waals surface area (Å²) in [4.78, 5) is 24.8. The summed E-state index contributed by atoms with van der Waals surface area (Å²) in [6.07, 6.45) is 0.